The molecule has 1 N–H and O–H groups in total. The summed E-state index contributed by atoms with van der Waals surface area (Å²) in [4.78, 5) is 8.49. The third kappa shape index (κ3) is 4.97. The summed E-state index contributed by atoms with van der Waals surface area (Å²) in [6, 6.07) is 5.52. The molecule has 0 bridgehead atoms. The van der Waals surface area contributed by atoms with Gasteiger partial charge in [0.2, 0.25) is 0 Å². The molecule has 1 aromatic carbocycles. The maximum atomic E-state index is 13.3. The highest BCUT2D eigenvalue weighted by Gasteiger charge is 2.20. The predicted octanol–water partition coefficient (Wildman–Crippen LogP) is 2.31. The Labute approximate surface area is 163 Å². The average molecular weight is 406 g/mol. The molecule has 2 heterocycles. The first-order valence-corrected chi connectivity index (χ1v) is 10.2. The number of benzene rings is 1. The van der Waals surface area contributed by atoms with Crippen molar-refractivity contribution in [1.82, 2.24) is 9.88 Å². The second-order valence-corrected chi connectivity index (χ2v) is 8.08. The number of nitrogens with zero attached hydrogens (tertiary/aromatic N) is 3. The van der Waals surface area contributed by atoms with Crippen molar-refractivity contribution in [3.63, 3.8) is 0 Å². The summed E-state index contributed by atoms with van der Waals surface area (Å²) >= 11 is 0. The fourth-order valence-corrected chi connectivity index (χ4v) is 3.95. The molecule has 6 nitrogen and oxygen atoms in total. The fraction of sp³-hybridized carbons (Fsp3) is 0.316. The quantitative estimate of drug-likeness (QED) is 0.746. The molecule has 0 unspecified atom stereocenters. The Hall–Kier alpha value is -2.70. The van der Waals surface area contributed by atoms with Crippen LogP contribution < -0.4 is 9.62 Å². The lowest BCUT2D eigenvalue weighted by atomic mass is 10.3. The van der Waals surface area contributed by atoms with E-state index < -0.39 is 21.7 Å². The highest BCUT2D eigenvalue weighted by molar-refractivity contribution is 7.92. The number of pyridine rings is 1. The predicted molar refractivity (Wildman–Crippen MR) is 104 cm³/mol. The van der Waals surface area contributed by atoms with Crippen molar-refractivity contribution in [2.45, 2.75) is 11.3 Å². The van der Waals surface area contributed by atoms with Crippen LogP contribution in [0.3, 0.4) is 0 Å². The van der Waals surface area contributed by atoms with Gasteiger partial charge in [-0.25, -0.2) is 22.2 Å². The van der Waals surface area contributed by atoms with Crippen LogP contribution >= 0.6 is 0 Å². The maximum Gasteiger partial charge on any atom is 0.263 e. The first kappa shape index (κ1) is 20.0. The molecule has 0 saturated carbocycles. The van der Waals surface area contributed by atoms with Gasteiger partial charge in [0.05, 0.1) is 5.69 Å². The molecule has 0 spiro atoms. The van der Waals surface area contributed by atoms with E-state index in [2.05, 4.69) is 25.4 Å². The van der Waals surface area contributed by atoms with Gasteiger partial charge in [-0.05, 0) is 24.3 Å². The smallest absolute Gasteiger partial charge is 0.263 e. The van der Waals surface area contributed by atoms with Crippen molar-refractivity contribution in [3.05, 3.63) is 48.2 Å². The van der Waals surface area contributed by atoms with E-state index in [9.17, 15) is 17.2 Å². The summed E-state index contributed by atoms with van der Waals surface area (Å²) in [5, 5.41) is 0. The number of aromatic nitrogens is 1. The standard InChI is InChI=1S/C19H20F2N4O2S/c1-2-3-6-24-7-9-25(10-8-24)19-5-4-18(14-22-19)28(26,27)23-17-12-15(20)11-16(21)13-17/h1,4-5,11-14,23H,3,6-10H2. The Balaban J connectivity index is 1.66. The normalized spacial score (nSPS) is 15.2. The van der Waals surface area contributed by atoms with Gasteiger partial charge in [0.15, 0.2) is 0 Å². The topological polar surface area (TPSA) is 65.5 Å². The molecule has 2 aromatic rings. The minimum atomic E-state index is -4.00. The molecule has 1 fully saturated rings. The monoisotopic (exact) mass is 406 g/mol. The van der Waals surface area contributed by atoms with E-state index in [-0.39, 0.29) is 10.6 Å². The lowest BCUT2D eigenvalue weighted by molar-refractivity contribution is 0.263. The molecule has 0 amide bonds. The molecular formula is C19H20F2N4O2S. The van der Waals surface area contributed by atoms with Gasteiger partial charge >= 0.3 is 0 Å². The van der Waals surface area contributed by atoms with Gasteiger partial charge in [0, 0.05) is 51.4 Å². The second-order valence-electron chi connectivity index (χ2n) is 6.40. The number of piperazine rings is 1. The van der Waals surface area contributed by atoms with Crippen molar-refractivity contribution in [3.8, 4) is 12.3 Å². The van der Waals surface area contributed by atoms with Crippen LogP contribution in [0.1, 0.15) is 6.42 Å². The Morgan fingerprint density at radius 1 is 1.11 bits per heavy atom. The summed E-state index contributed by atoms with van der Waals surface area (Å²) in [6.07, 6.45) is 7.24. The Bertz CT molecular complexity index is 946. The van der Waals surface area contributed by atoms with Crippen molar-refractivity contribution < 1.29 is 17.2 Å². The zero-order chi connectivity index (χ0) is 20.1. The number of hydrogen-bond acceptors (Lipinski definition) is 5. The SMILES string of the molecule is C#CCCN1CCN(c2ccc(S(=O)(=O)Nc3cc(F)cc(F)c3)cn2)CC1. The summed E-state index contributed by atoms with van der Waals surface area (Å²) in [6.45, 7) is 4.11. The summed E-state index contributed by atoms with van der Waals surface area (Å²) < 4.78 is 53.5. The van der Waals surface area contributed by atoms with Crippen molar-refractivity contribution in [2.75, 3.05) is 42.3 Å². The van der Waals surface area contributed by atoms with E-state index >= 15 is 0 Å². The van der Waals surface area contributed by atoms with Crippen LogP contribution in [0.2, 0.25) is 0 Å². The minimum absolute atomic E-state index is 0.0893. The van der Waals surface area contributed by atoms with E-state index in [0.717, 1.165) is 44.9 Å². The molecule has 0 radical (unpaired) electrons. The van der Waals surface area contributed by atoms with Crippen LogP contribution in [-0.2, 0) is 10.0 Å². The van der Waals surface area contributed by atoms with Gasteiger partial charge in [0.1, 0.15) is 22.3 Å². The number of halogens is 2. The van der Waals surface area contributed by atoms with Crippen molar-refractivity contribution >= 4 is 21.5 Å². The third-order valence-electron chi connectivity index (χ3n) is 4.41. The molecule has 3 rings (SSSR count). The molecule has 148 valence electrons. The van der Waals surface area contributed by atoms with E-state index in [1.54, 1.807) is 6.07 Å². The Kier molecular flexibility index (Phi) is 6.11. The van der Waals surface area contributed by atoms with E-state index in [4.69, 9.17) is 6.42 Å². The van der Waals surface area contributed by atoms with Gasteiger partial charge < -0.3 is 4.90 Å². The number of anilines is 2. The molecule has 1 aliphatic heterocycles. The van der Waals surface area contributed by atoms with Gasteiger partial charge in [-0.15, -0.1) is 12.3 Å². The highest BCUT2D eigenvalue weighted by Crippen LogP contribution is 2.20. The van der Waals surface area contributed by atoms with Crippen LogP contribution in [0.25, 0.3) is 0 Å². The van der Waals surface area contributed by atoms with E-state index in [0.29, 0.717) is 18.3 Å². The molecule has 1 saturated heterocycles. The molecular weight excluding hydrogens is 386 g/mol. The second kappa shape index (κ2) is 8.54. The maximum absolute atomic E-state index is 13.3. The molecule has 0 aliphatic carbocycles. The van der Waals surface area contributed by atoms with E-state index in [1.807, 2.05) is 0 Å². The van der Waals surface area contributed by atoms with Gasteiger partial charge in [-0.3, -0.25) is 9.62 Å². The lowest BCUT2D eigenvalue weighted by Gasteiger charge is -2.35. The van der Waals surface area contributed by atoms with Crippen LogP contribution in [0.15, 0.2) is 41.4 Å². The van der Waals surface area contributed by atoms with Gasteiger partial charge in [0.25, 0.3) is 10.0 Å². The fourth-order valence-electron chi connectivity index (χ4n) is 2.97. The summed E-state index contributed by atoms with van der Waals surface area (Å²) in [5.74, 6) is 1.57. The molecule has 9 heteroatoms. The van der Waals surface area contributed by atoms with Crippen molar-refractivity contribution in [1.29, 1.82) is 0 Å². The number of rotatable bonds is 6. The highest BCUT2D eigenvalue weighted by atomic mass is 32.2. The van der Waals surface area contributed by atoms with Crippen LogP contribution in [0.5, 0.6) is 0 Å². The number of hydrogen-bond donors (Lipinski definition) is 1. The van der Waals surface area contributed by atoms with Gasteiger partial charge in [-0.1, -0.05) is 0 Å². The van der Waals surface area contributed by atoms with Crippen LogP contribution in [-0.4, -0.2) is 51.0 Å². The first-order chi connectivity index (χ1) is 13.4. The zero-order valence-electron chi connectivity index (χ0n) is 15.1. The molecule has 0 atom stereocenters. The lowest BCUT2D eigenvalue weighted by Crippen LogP contribution is -2.46. The molecule has 28 heavy (non-hydrogen) atoms. The Morgan fingerprint density at radius 3 is 2.36 bits per heavy atom. The average Bonchev–Trinajstić information content (AvgIpc) is 2.66. The minimum Gasteiger partial charge on any atom is -0.354 e. The van der Waals surface area contributed by atoms with Crippen molar-refractivity contribution in [2.24, 2.45) is 0 Å². The molecule has 1 aromatic heterocycles. The largest absolute Gasteiger partial charge is 0.354 e. The summed E-state index contributed by atoms with van der Waals surface area (Å²) in [5.41, 5.74) is -0.190. The zero-order valence-corrected chi connectivity index (χ0v) is 15.9. The molecule has 1 aliphatic rings. The van der Waals surface area contributed by atoms with Crippen LogP contribution in [0.4, 0.5) is 20.3 Å². The first-order valence-electron chi connectivity index (χ1n) is 8.73. The van der Waals surface area contributed by atoms with Crippen LogP contribution in [0, 0.1) is 24.0 Å². The third-order valence-corrected chi connectivity index (χ3v) is 5.78. The number of sulfonamides is 1. The van der Waals surface area contributed by atoms with Gasteiger partial charge in [-0.2, -0.15) is 0 Å². The number of terminal acetylenes is 1. The van der Waals surface area contributed by atoms with E-state index in [1.165, 1.54) is 12.3 Å². The Morgan fingerprint density at radius 2 is 1.79 bits per heavy atom. The summed E-state index contributed by atoms with van der Waals surface area (Å²) in [7, 11) is -4.00. The number of nitrogens with one attached hydrogen (secondary N) is 1.